The Kier molecular flexibility index (Phi) is 4.94. The van der Waals surface area contributed by atoms with Gasteiger partial charge in [-0.15, -0.1) is 0 Å². The number of allylic oxidation sites excluding steroid dienone is 1. The molecule has 108 valence electrons. The topological polar surface area (TPSA) is 20.3 Å². The lowest BCUT2D eigenvalue weighted by Gasteiger charge is -2.11. The summed E-state index contributed by atoms with van der Waals surface area (Å²) in [5.74, 6) is 0.0364. The molecule has 0 aliphatic carbocycles. The third kappa shape index (κ3) is 4.06. The van der Waals surface area contributed by atoms with E-state index in [-0.39, 0.29) is 5.78 Å². The van der Waals surface area contributed by atoms with E-state index in [0.29, 0.717) is 0 Å². The normalized spacial score (nSPS) is 10.8. The first-order chi connectivity index (χ1) is 10.1. The molecule has 0 N–H and O–H groups in total. The van der Waals surface area contributed by atoms with Crippen molar-refractivity contribution in [3.8, 4) is 0 Å². The Balaban J connectivity index is 2.07. The predicted octanol–water partition coefficient (Wildman–Crippen LogP) is 4.21. The average Bonchev–Trinajstić information content (AvgIpc) is 2.53. The fourth-order valence-electron chi connectivity index (χ4n) is 2.06. The van der Waals surface area contributed by atoms with Gasteiger partial charge in [0.05, 0.1) is 0 Å². The van der Waals surface area contributed by atoms with E-state index in [1.54, 1.807) is 6.08 Å². The molecular formula is C19H21NO. The van der Waals surface area contributed by atoms with E-state index in [4.69, 9.17) is 0 Å². The van der Waals surface area contributed by atoms with Gasteiger partial charge in [0, 0.05) is 25.3 Å². The molecule has 0 saturated heterocycles. The summed E-state index contributed by atoms with van der Waals surface area (Å²) < 4.78 is 0. The van der Waals surface area contributed by atoms with Crippen molar-refractivity contribution in [1.82, 2.24) is 0 Å². The minimum absolute atomic E-state index is 0.0364. The van der Waals surface area contributed by atoms with E-state index in [0.717, 1.165) is 23.2 Å². The molecule has 0 aliphatic rings. The molecule has 0 radical (unpaired) electrons. The molecule has 2 rings (SSSR count). The molecular weight excluding hydrogens is 258 g/mol. The SMILES string of the molecule is CCc1ccc(C(=O)/C=C\c2ccc(N(C)C)cc2)cc1. The second kappa shape index (κ2) is 6.89. The molecule has 2 aromatic carbocycles. The zero-order valence-electron chi connectivity index (χ0n) is 12.8. The number of aryl methyl sites for hydroxylation is 1. The summed E-state index contributed by atoms with van der Waals surface area (Å²) >= 11 is 0. The molecule has 0 amide bonds. The van der Waals surface area contributed by atoms with Gasteiger partial charge < -0.3 is 4.90 Å². The molecule has 0 heterocycles. The minimum Gasteiger partial charge on any atom is -0.378 e. The largest absolute Gasteiger partial charge is 0.378 e. The Labute approximate surface area is 126 Å². The van der Waals surface area contributed by atoms with E-state index < -0.39 is 0 Å². The van der Waals surface area contributed by atoms with Crippen LogP contribution in [0.3, 0.4) is 0 Å². The van der Waals surface area contributed by atoms with Gasteiger partial charge in [0.2, 0.25) is 0 Å². The van der Waals surface area contributed by atoms with E-state index in [1.807, 2.05) is 73.6 Å². The van der Waals surface area contributed by atoms with Gasteiger partial charge in [0.15, 0.2) is 5.78 Å². The predicted molar refractivity (Wildman–Crippen MR) is 90.0 cm³/mol. The summed E-state index contributed by atoms with van der Waals surface area (Å²) in [5, 5.41) is 0. The van der Waals surface area contributed by atoms with Crippen molar-refractivity contribution >= 4 is 17.5 Å². The molecule has 2 heteroatoms. The monoisotopic (exact) mass is 279 g/mol. The lowest BCUT2D eigenvalue weighted by Crippen LogP contribution is -2.07. The molecule has 0 saturated carbocycles. The number of carbonyl (C=O) groups is 1. The standard InChI is InChI=1S/C19H21NO/c1-4-15-5-10-17(11-6-15)19(21)14-9-16-7-12-18(13-8-16)20(2)3/h5-14H,4H2,1-3H3/b14-9-. The van der Waals surface area contributed by atoms with Crippen molar-refractivity contribution < 1.29 is 4.79 Å². The van der Waals surface area contributed by atoms with E-state index in [1.165, 1.54) is 5.56 Å². The summed E-state index contributed by atoms with van der Waals surface area (Å²) in [6.07, 6.45) is 4.48. The number of nitrogens with zero attached hydrogens (tertiary/aromatic N) is 1. The fourth-order valence-corrected chi connectivity index (χ4v) is 2.06. The van der Waals surface area contributed by atoms with Gasteiger partial charge in [-0.05, 0) is 35.8 Å². The summed E-state index contributed by atoms with van der Waals surface area (Å²) in [6, 6.07) is 15.9. The van der Waals surface area contributed by atoms with Crippen LogP contribution in [0.2, 0.25) is 0 Å². The Morgan fingerprint density at radius 3 is 2.14 bits per heavy atom. The number of carbonyl (C=O) groups excluding carboxylic acids is 1. The van der Waals surface area contributed by atoms with E-state index in [2.05, 4.69) is 6.92 Å². The van der Waals surface area contributed by atoms with Crippen LogP contribution in [-0.2, 0) is 6.42 Å². The van der Waals surface area contributed by atoms with Gasteiger partial charge in [-0.25, -0.2) is 0 Å². The van der Waals surface area contributed by atoms with Gasteiger partial charge in [0.1, 0.15) is 0 Å². The second-order valence-electron chi connectivity index (χ2n) is 5.23. The Morgan fingerprint density at radius 2 is 1.62 bits per heavy atom. The molecule has 0 aromatic heterocycles. The maximum atomic E-state index is 12.1. The highest BCUT2D eigenvalue weighted by Crippen LogP contribution is 2.14. The highest BCUT2D eigenvalue weighted by molar-refractivity contribution is 6.06. The molecule has 0 fully saturated rings. The van der Waals surface area contributed by atoms with Gasteiger partial charge in [-0.2, -0.15) is 0 Å². The molecule has 0 spiro atoms. The lowest BCUT2D eigenvalue weighted by atomic mass is 10.1. The summed E-state index contributed by atoms with van der Waals surface area (Å²) in [7, 11) is 4.02. The van der Waals surface area contributed by atoms with Crippen LogP contribution < -0.4 is 4.90 Å². The third-order valence-corrected chi connectivity index (χ3v) is 3.48. The highest BCUT2D eigenvalue weighted by atomic mass is 16.1. The molecule has 2 nitrogen and oxygen atoms in total. The number of anilines is 1. The van der Waals surface area contributed by atoms with Crippen molar-refractivity contribution in [2.24, 2.45) is 0 Å². The first kappa shape index (κ1) is 15.0. The van der Waals surface area contributed by atoms with E-state index >= 15 is 0 Å². The third-order valence-electron chi connectivity index (χ3n) is 3.48. The van der Waals surface area contributed by atoms with Crippen LogP contribution in [0.5, 0.6) is 0 Å². The molecule has 0 unspecified atom stereocenters. The molecule has 21 heavy (non-hydrogen) atoms. The fraction of sp³-hybridized carbons (Fsp3) is 0.211. The quantitative estimate of drug-likeness (QED) is 0.603. The Hall–Kier alpha value is -2.35. The molecule has 0 aliphatic heterocycles. The van der Waals surface area contributed by atoms with Gasteiger partial charge in [-0.3, -0.25) is 4.79 Å². The first-order valence-corrected chi connectivity index (χ1v) is 7.19. The minimum atomic E-state index is 0.0364. The van der Waals surface area contributed by atoms with Crippen LogP contribution in [0.25, 0.3) is 6.08 Å². The number of hydrogen-bond donors (Lipinski definition) is 0. The van der Waals surface area contributed by atoms with Crippen molar-refractivity contribution in [1.29, 1.82) is 0 Å². The summed E-state index contributed by atoms with van der Waals surface area (Å²) in [4.78, 5) is 14.1. The van der Waals surface area contributed by atoms with E-state index in [9.17, 15) is 4.79 Å². The molecule has 0 atom stereocenters. The van der Waals surface area contributed by atoms with Gasteiger partial charge >= 0.3 is 0 Å². The van der Waals surface area contributed by atoms with Crippen LogP contribution >= 0.6 is 0 Å². The van der Waals surface area contributed by atoms with Crippen LogP contribution in [0.4, 0.5) is 5.69 Å². The smallest absolute Gasteiger partial charge is 0.185 e. The first-order valence-electron chi connectivity index (χ1n) is 7.19. The van der Waals surface area contributed by atoms with Gasteiger partial charge in [0.25, 0.3) is 0 Å². The van der Waals surface area contributed by atoms with Crippen LogP contribution in [0.15, 0.2) is 54.6 Å². The van der Waals surface area contributed by atoms with Crippen molar-refractivity contribution in [3.63, 3.8) is 0 Å². The second-order valence-corrected chi connectivity index (χ2v) is 5.23. The maximum absolute atomic E-state index is 12.1. The van der Waals surface area contributed by atoms with Gasteiger partial charge in [-0.1, -0.05) is 49.4 Å². The summed E-state index contributed by atoms with van der Waals surface area (Å²) in [5.41, 5.74) is 4.15. The Morgan fingerprint density at radius 1 is 1.00 bits per heavy atom. The van der Waals surface area contributed by atoms with Crippen molar-refractivity contribution in [2.45, 2.75) is 13.3 Å². The number of hydrogen-bond acceptors (Lipinski definition) is 2. The number of rotatable bonds is 5. The van der Waals surface area contributed by atoms with Crippen molar-refractivity contribution in [3.05, 3.63) is 71.3 Å². The number of benzene rings is 2. The van der Waals surface area contributed by atoms with Crippen LogP contribution in [0.1, 0.15) is 28.4 Å². The molecule has 0 bridgehead atoms. The molecule has 2 aromatic rings. The van der Waals surface area contributed by atoms with Crippen molar-refractivity contribution in [2.75, 3.05) is 19.0 Å². The zero-order valence-corrected chi connectivity index (χ0v) is 12.8. The lowest BCUT2D eigenvalue weighted by molar-refractivity contribution is 0.104. The van der Waals surface area contributed by atoms with Crippen LogP contribution in [-0.4, -0.2) is 19.9 Å². The maximum Gasteiger partial charge on any atom is 0.185 e. The zero-order chi connectivity index (χ0) is 15.2. The average molecular weight is 279 g/mol. The Bertz CT molecular complexity index is 622. The van der Waals surface area contributed by atoms with Crippen LogP contribution in [0, 0.1) is 0 Å². The summed E-state index contributed by atoms with van der Waals surface area (Å²) in [6.45, 7) is 2.11. The highest BCUT2D eigenvalue weighted by Gasteiger charge is 2.01. The number of ketones is 1.